The smallest absolute Gasteiger partial charge is 0.270 e. The van der Waals surface area contributed by atoms with Crippen LogP contribution in [0.15, 0.2) is 36.5 Å². The van der Waals surface area contributed by atoms with Crippen molar-refractivity contribution >= 4 is 34.1 Å². The molecule has 1 amide bonds. The second-order valence-electron chi connectivity index (χ2n) is 7.09. The number of H-pyrrole nitrogens is 1. The molecule has 0 bridgehead atoms. The maximum Gasteiger partial charge on any atom is 0.270 e. The molecule has 6 heteroatoms. The fourth-order valence-electron chi connectivity index (χ4n) is 3.63. The quantitative estimate of drug-likeness (QED) is 0.743. The van der Waals surface area contributed by atoms with Gasteiger partial charge in [-0.05, 0) is 43.2 Å². The highest BCUT2D eigenvalue weighted by atomic mass is 35.5. The van der Waals surface area contributed by atoms with Gasteiger partial charge in [-0.15, -0.1) is 0 Å². The average molecular weight is 367 g/mol. The van der Waals surface area contributed by atoms with Gasteiger partial charge in [0.2, 0.25) is 0 Å². The minimum atomic E-state index is -0.0778. The number of aromatic nitrogens is 2. The molecule has 0 atom stereocenters. The Morgan fingerprint density at radius 2 is 2.15 bits per heavy atom. The van der Waals surface area contributed by atoms with Crippen LogP contribution in [0.1, 0.15) is 34.6 Å². The van der Waals surface area contributed by atoms with E-state index in [0.717, 1.165) is 48.6 Å². The number of aromatic amines is 1. The Labute approximate surface area is 156 Å². The molecule has 3 heterocycles. The van der Waals surface area contributed by atoms with Gasteiger partial charge in [0.15, 0.2) is 0 Å². The molecule has 2 aliphatic rings. The molecule has 0 spiro atoms. The van der Waals surface area contributed by atoms with Crippen molar-refractivity contribution in [2.45, 2.75) is 31.8 Å². The zero-order valence-corrected chi connectivity index (χ0v) is 15.0. The summed E-state index contributed by atoms with van der Waals surface area (Å²) in [6.45, 7) is 1.70. The highest BCUT2D eigenvalue weighted by molar-refractivity contribution is 6.31. The van der Waals surface area contributed by atoms with Crippen molar-refractivity contribution < 1.29 is 4.79 Å². The van der Waals surface area contributed by atoms with E-state index in [0.29, 0.717) is 11.7 Å². The van der Waals surface area contributed by atoms with E-state index >= 15 is 0 Å². The molecule has 0 unspecified atom stereocenters. The second kappa shape index (κ2) is 6.02. The summed E-state index contributed by atoms with van der Waals surface area (Å²) >= 11 is 6.19. The first-order valence-corrected chi connectivity index (χ1v) is 9.36. The largest absolute Gasteiger partial charge is 0.367 e. The lowest BCUT2D eigenvalue weighted by Crippen LogP contribution is -2.31. The van der Waals surface area contributed by atoms with E-state index in [9.17, 15) is 4.79 Å². The Morgan fingerprint density at radius 1 is 1.27 bits per heavy atom. The van der Waals surface area contributed by atoms with Gasteiger partial charge < -0.3 is 15.2 Å². The Morgan fingerprint density at radius 3 is 3.00 bits per heavy atom. The maximum atomic E-state index is 12.3. The average Bonchev–Trinajstić information content (AvgIpc) is 3.40. The van der Waals surface area contributed by atoms with Crippen LogP contribution in [0.25, 0.3) is 10.9 Å². The Hall–Kier alpha value is -2.53. The van der Waals surface area contributed by atoms with Crippen LogP contribution in [0.4, 0.5) is 5.69 Å². The monoisotopic (exact) mass is 366 g/mol. The Balaban J connectivity index is 1.44. The van der Waals surface area contributed by atoms with E-state index in [-0.39, 0.29) is 5.91 Å². The van der Waals surface area contributed by atoms with Crippen LogP contribution in [-0.4, -0.2) is 28.5 Å². The molecule has 1 aromatic carbocycles. The van der Waals surface area contributed by atoms with Crippen LogP contribution in [0, 0.1) is 0 Å². The van der Waals surface area contributed by atoms with Crippen molar-refractivity contribution in [2.75, 3.05) is 11.4 Å². The number of fused-ring (bicyclic) bond motifs is 3. The molecule has 1 saturated carbocycles. The van der Waals surface area contributed by atoms with E-state index in [1.54, 1.807) is 6.20 Å². The molecule has 2 N–H and O–H groups in total. The third kappa shape index (κ3) is 2.82. The molecule has 3 aromatic rings. The number of pyridine rings is 1. The van der Waals surface area contributed by atoms with Crippen molar-refractivity contribution in [1.29, 1.82) is 0 Å². The van der Waals surface area contributed by atoms with Gasteiger partial charge >= 0.3 is 0 Å². The molecule has 0 radical (unpaired) electrons. The lowest BCUT2D eigenvalue weighted by molar-refractivity contribution is 0.0946. The molecule has 5 rings (SSSR count). The third-order valence-electron chi connectivity index (χ3n) is 5.19. The van der Waals surface area contributed by atoms with E-state index in [4.69, 9.17) is 11.6 Å². The summed E-state index contributed by atoms with van der Waals surface area (Å²) in [7, 11) is 0. The van der Waals surface area contributed by atoms with E-state index < -0.39 is 0 Å². The van der Waals surface area contributed by atoms with Crippen molar-refractivity contribution in [3.05, 3.63) is 58.5 Å². The summed E-state index contributed by atoms with van der Waals surface area (Å²) in [5.74, 6) is -0.0778. The number of halogens is 1. The molecule has 1 aliphatic carbocycles. The summed E-state index contributed by atoms with van der Waals surface area (Å²) in [6.07, 6.45) is 4.80. The molecule has 5 nitrogen and oxygen atoms in total. The standard InChI is InChI=1S/C20H19ClN4O/c21-12-1-4-17-15(9-12)16-11-25(8-6-18(16)24-17)14-5-7-22-19(10-14)20(26)23-13-2-3-13/h1,4-5,7,9-10,13,24H,2-3,6,8,11H2,(H,23,26). The van der Waals surface area contributed by atoms with E-state index in [1.165, 1.54) is 16.6 Å². The van der Waals surface area contributed by atoms with Gasteiger partial charge in [-0.1, -0.05) is 11.6 Å². The molecular weight excluding hydrogens is 348 g/mol. The van der Waals surface area contributed by atoms with Gasteiger partial charge in [0, 0.05) is 64.6 Å². The number of nitrogens with one attached hydrogen (secondary N) is 2. The SMILES string of the molecule is O=C(NC1CC1)c1cc(N2CCc3[nH]c4ccc(Cl)cc4c3C2)ccn1. The van der Waals surface area contributed by atoms with Gasteiger partial charge in [-0.3, -0.25) is 9.78 Å². The minimum Gasteiger partial charge on any atom is -0.367 e. The lowest BCUT2D eigenvalue weighted by atomic mass is 10.0. The Bertz CT molecular complexity index is 1010. The first-order valence-electron chi connectivity index (χ1n) is 8.98. The number of hydrogen-bond donors (Lipinski definition) is 2. The zero-order chi connectivity index (χ0) is 17.7. The van der Waals surface area contributed by atoms with Gasteiger partial charge in [0.1, 0.15) is 5.69 Å². The fraction of sp³-hybridized carbons (Fsp3) is 0.300. The first-order chi connectivity index (χ1) is 12.7. The van der Waals surface area contributed by atoms with Crippen molar-refractivity contribution in [3.8, 4) is 0 Å². The molecule has 1 aliphatic heterocycles. The number of carbonyl (C=O) groups excluding carboxylic acids is 1. The number of amides is 1. The molecule has 2 aromatic heterocycles. The Kier molecular flexibility index (Phi) is 3.64. The highest BCUT2D eigenvalue weighted by Crippen LogP contribution is 2.32. The van der Waals surface area contributed by atoms with Crippen molar-refractivity contribution in [1.82, 2.24) is 15.3 Å². The van der Waals surface area contributed by atoms with Crippen LogP contribution in [-0.2, 0) is 13.0 Å². The topological polar surface area (TPSA) is 61.0 Å². The molecular formula is C20H19ClN4O. The summed E-state index contributed by atoms with van der Waals surface area (Å²) in [4.78, 5) is 22.3. The van der Waals surface area contributed by atoms with Crippen molar-refractivity contribution in [3.63, 3.8) is 0 Å². The van der Waals surface area contributed by atoms with Crippen LogP contribution < -0.4 is 10.2 Å². The van der Waals surface area contributed by atoms with Crippen LogP contribution >= 0.6 is 11.6 Å². The van der Waals surface area contributed by atoms with Crippen molar-refractivity contribution in [2.24, 2.45) is 0 Å². The number of rotatable bonds is 3. The number of hydrogen-bond acceptors (Lipinski definition) is 3. The minimum absolute atomic E-state index is 0.0778. The normalized spacial score (nSPS) is 16.6. The van der Waals surface area contributed by atoms with Crippen LogP contribution in [0.3, 0.4) is 0 Å². The predicted octanol–water partition coefficient (Wildman–Crippen LogP) is 3.67. The van der Waals surface area contributed by atoms with Gasteiger partial charge in [0.25, 0.3) is 5.91 Å². The second-order valence-corrected chi connectivity index (χ2v) is 7.53. The predicted molar refractivity (Wildman–Crippen MR) is 103 cm³/mol. The number of carbonyl (C=O) groups is 1. The molecule has 1 fully saturated rings. The van der Waals surface area contributed by atoms with Crippen LogP contribution in [0.5, 0.6) is 0 Å². The number of nitrogens with zero attached hydrogens (tertiary/aromatic N) is 2. The highest BCUT2D eigenvalue weighted by Gasteiger charge is 2.25. The van der Waals surface area contributed by atoms with Gasteiger partial charge in [-0.2, -0.15) is 0 Å². The zero-order valence-electron chi connectivity index (χ0n) is 14.3. The maximum absolute atomic E-state index is 12.3. The summed E-state index contributed by atoms with van der Waals surface area (Å²) in [6, 6.07) is 10.2. The molecule has 132 valence electrons. The number of benzene rings is 1. The van der Waals surface area contributed by atoms with E-state index in [1.807, 2.05) is 30.3 Å². The number of anilines is 1. The summed E-state index contributed by atoms with van der Waals surface area (Å²) in [5.41, 5.74) is 5.21. The molecule has 26 heavy (non-hydrogen) atoms. The summed E-state index contributed by atoms with van der Waals surface area (Å²) < 4.78 is 0. The first kappa shape index (κ1) is 15.7. The van der Waals surface area contributed by atoms with Gasteiger partial charge in [-0.25, -0.2) is 0 Å². The lowest BCUT2D eigenvalue weighted by Gasteiger charge is -2.29. The summed E-state index contributed by atoms with van der Waals surface area (Å²) in [5, 5.41) is 4.93. The van der Waals surface area contributed by atoms with E-state index in [2.05, 4.69) is 20.2 Å². The third-order valence-corrected chi connectivity index (χ3v) is 5.43. The molecule has 0 saturated heterocycles. The van der Waals surface area contributed by atoms with Gasteiger partial charge in [0.05, 0.1) is 0 Å². The fourth-order valence-corrected chi connectivity index (χ4v) is 3.81. The van der Waals surface area contributed by atoms with Crippen LogP contribution in [0.2, 0.25) is 5.02 Å².